The number of hydrogen-bond donors (Lipinski definition) is 2. The Morgan fingerprint density at radius 3 is 2.63 bits per heavy atom. The van der Waals surface area contributed by atoms with Gasteiger partial charge in [-0.3, -0.25) is 15.0 Å². The van der Waals surface area contributed by atoms with E-state index in [-0.39, 0.29) is 11.8 Å². The van der Waals surface area contributed by atoms with Crippen molar-refractivity contribution in [3.05, 3.63) is 0 Å². The van der Waals surface area contributed by atoms with E-state index in [1.165, 1.54) is 0 Å². The Morgan fingerprint density at radius 1 is 1.42 bits per heavy atom. The van der Waals surface area contributed by atoms with Gasteiger partial charge in [-0.2, -0.15) is 5.01 Å². The van der Waals surface area contributed by atoms with E-state index in [4.69, 9.17) is 0 Å². The monoisotopic (exact) mass is 267 g/mol. The van der Waals surface area contributed by atoms with Gasteiger partial charge >= 0.3 is 6.03 Å². The fraction of sp³-hybridized carbons (Fsp3) is 0.769. The van der Waals surface area contributed by atoms with Gasteiger partial charge in [0.2, 0.25) is 5.91 Å². The first-order valence-corrected chi connectivity index (χ1v) is 6.94. The van der Waals surface area contributed by atoms with Crippen LogP contribution in [0.25, 0.3) is 0 Å². The van der Waals surface area contributed by atoms with Gasteiger partial charge in [-0.25, -0.2) is 4.79 Å². The van der Waals surface area contributed by atoms with Crippen molar-refractivity contribution in [3.8, 4) is 0 Å². The lowest BCUT2D eigenvalue weighted by molar-refractivity contribution is -0.140. The summed E-state index contributed by atoms with van der Waals surface area (Å²) in [7, 11) is 0. The Labute approximate surface area is 112 Å². The molecular formula is C13H21N3O3. The van der Waals surface area contributed by atoms with E-state index in [1.807, 2.05) is 6.92 Å². The van der Waals surface area contributed by atoms with Gasteiger partial charge in [0.25, 0.3) is 5.91 Å². The van der Waals surface area contributed by atoms with E-state index in [9.17, 15) is 14.4 Å². The lowest BCUT2D eigenvalue weighted by atomic mass is 9.77. The van der Waals surface area contributed by atoms with Crippen LogP contribution in [0.4, 0.5) is 4.79 Å². The Balaban J connectivity index is 2.06. The molecule has 6 nitrogen and oxygen atoms in total. The molecule has 2 fully saturated rings. The number of amides is 4. The average Bonchev–Trinajstić information content (AvgIpc) is 2.59. The molecule has 0 aromatic heterocycles. The van der Waals surface area contributed by atoms with Gasteiger partial charge < -0.3 is 5.32 Å². The molecule has 0 bridgehead atoms. The van der Waals surface area contributed by atoms with E-state index in [0.29, 0.717) is 31.6 Å². The summed E-state index contributed by atoms with van der Waals surface area (Å²) in [5, 5.41) is 3.61. The van der Waals surface area contributed by atoms with Crippen molar-refractivity contribution in [2.45, 2.75) is 57.9 Å². The summed E-state index contributed by atoms with van der Waals surface area (Å²) in [6.45, 7) is 4.02. The third-order valence-corrected chi connectivity index (χ3v) is 4.00. The molecule has 2 N–H and O–H groups in total. The third-order valence-electron chi connectivity index (χ3n) is 4.00. The first kappa shape index (κ1) is 13.8. The molecule has 19 heavy (non-hydrogen) atoms. The van der Waals surface area contributed by atoms with Crippen LogP contribution >= 0.6 is 0 Å². The summed E-state index contributed by atoms with van der Waals surface area (Å²) in [6, 6.07) is -0.510. The summed E-state index contributed by atoms with van der Waals surface area (Å²) in [6.07, 6.45) is 4.13. The van der Waals surface area contributed by atoms with Crippen molar-refractivity contribution in [2.75, 3.05) is 0 Å². The summed E-state index contributed by atoms with van der Waals surface area (Å²) in [5.41, 5.74) is 1.61. The van der Waals surface area contributed by atoms with Crippen LogP contribution in [-0.2, 0) is 9.59 Å². The highest BCUT2D eigenvalue weighted by molar-refractivity contribution is 6.07. The number of carbonyl (C=O) groups excluding carboxylic acids is 3. The van der Waals surface area contributed by atoms with Gasteiger partial charge in [0.1, 0.15) is 5.54 Å². The van der Waals surface area contributed by atoms with Gasteiger partial charge in [0.05, 0.1) is 0 Å². The number of hydrogen-bond acceptors (Lipinski definition) is 3. The number of nitrogens with one attached hydrogen (secondary N) is 2. The number of hydrazine groups is 1. The maximum absolute atomic E-state index is 12.4. The van der Waals surface area contributed by atoms with Gasteiger partial charge in [-0.1, -0.05) is 13.8 Å². The highest BCUT2D eigenvalue weighted by atomic mass is 16.2. The van der Waals surface area contributed by atoms with Crippen molar-refractivity contribution in [1.29, 1.82) is 0 Å². The maximum atomic E-state index is 12.4. The largest absolute Gasteiger partial charge is 0.344 e. The normalized spacial score (nSPS) is 30.6. The summed E-state index contributed by atoms with van der Waals surface area (Å²) in [4.78, 5) is 35.8. The van der Waals surface area contributed by atoms with Crippen molar-refractivity contribution < 1.29 is 14.4 Å². The van der Waals surface area contributed by atoms with Crippen LogP contribution in [0.1, 0.15) is 52.4 Å². The lowest BCUT2D eigenvalue weighted by Crippen LogP contribution is -2.51. The third kappa shape index (κ3) is 2.57. The second-order valence-electron chi connectivity index (χ2n) is 5.62. The van der Waals surface area contributed by atoms with Crippen LogP contribution < -0.4 is 10.7 Å². The van der Waals surface area contributed by atoms with Gasteiger partial charge in [0.15, 0.2) is 0 Å². The molecule has 106 valence electrons. The van der Waals surface area contributed by atoms with Gasteiger partial charge in [-0.15, -0.1) is 0 Å². The maximum Gasteiger partial charge on any atom is 0.344 e. The molecule has 2 aliphatic rings. The minimum Gasteiger partial charge on any atom is -0.322 e. The molecule has 1 spiro atoms. The first-order chi connectivity index (χ1) is 8.98. The molecule has 1 aliphatic carbocycles. The van der Waals surface area contributed by atoms with Crippen LogP contribution in [0, 0.1) is 5.92 Å². The Kier molecular flexibility index (Phi) is 3.78. The SMILES string of the molecule is CCCC(=O)NN1C(=O)NC2(CCC(C)CC2)C1=O. The molecule has 0 aromatic rings. The number of carbonyl (C=O) groups is 3. The number of imide groups is 1. The molecule has 0 radical (unpaired) electrons. The van der Waals surface area contributed by atoms with Crippen LogP contribution in [0.15, 0.2) is 0 Å². The molecule has 6 heteroatoms. The summed E-state index contributed by atoms with van der Waals surface area (Å²) in [5.74, 6) is -0.0276. The Bertz CT molecular complexity index is 400. The predicted molar refractivity (Wildman–Crippen MR) is 68.8 cm³/mol. The standard InChI is InChI=1S/C13H21N3O3/c1-3-4-10(17)15-16-11(18)13(14-12(16)19)7-5-9(2)6-8-13/h9H,3-8H2,1-2H3,(H,14,19)(H,15,17). The molecule has 2 rings (SSSR count). The van der Waals surface area contributed by atoms with Crippen LogP contribution in [-0.4, -0.2) is 28.4 Å². The summed E-state index contributed by atoms with van der Waals surface area (Å²) < 4.78 is 0. The highest BCUT2D eigenvalue weighted by Crippen LogP contribution is 2.35. The molecule has 1 heterocycles. The van der Waals surface area contributed by atoms with E-state index in [1.54, 1.807) is 0 Å². The zero-order valence-electron chi connectivity index (χ0n) is 11.5. The van der Waals surface area contributed by atoms with Crippen LogP contribution in [0.2, 0.25) is 0 Å². The quantitative estimate of drug-likeness (QED) is 0.757. The molecular weight excluding hydrogens is 246 g/mol. The van der Waals surface area contributed by atoms with Gasteiger partial charge in [0, 0.05) is 6.42 Å². The van der Waals surface area contributed by atoms with Gasteiger partial charge in [-0.05, 0) is 38.0 Å². The predicted octanol–water partition coefficient (Wildman–Crippen LogP) is 1.32. The first-order valence-electron chi connectivity index (χ1n) is 6.94. The summed E-state index contributed by atoms with van der Waals surface area (Å²) >= 11 is 0. The molecule has 0 aromatic carbocycles. The number of nitrogens with zero attached hydrogens (tertiary/aromatic N) is 1. The van der Waals surface area contributed by atoms with Crippen molar-refractivity contribution in [1.82, 2.24) is 15.8 Å². The van der Waals surface area contributed by atoms with E-state index < -0.39 is 11.6 Å². The minimum absolute atomic E-state index is 0.299. The molecule has 0 atom stereocenters. The fourth-order valence-corrected chi connectivity index (χ4v) is 2.72. The fourth-order valence-electron chi connectivity index (χ4n) is 2.72. The lowest BCUT2D eigenvalue weighted by Gasteiger charge is -2.33. The minimum atomic E-state index is -0.789. The molecule has 1 aliphatic heterocycles. The molecule has 1 saturated carbocycles. The van der Waals surface area contributed by atoms with E-state index in [2.05, 4.69) is 17.7 Å². The zero-order valence-corrected chi connectivity index (χ0v) is 11.5. The highest BCUT2D eigenvalue weighted by Gasteiger charge is 2.52. The van der Waals surface area contributed by atoms with E-state index in [0.717, 1.165) is 17.9 Å². The van der Waals surface area contributed by atoms with E-state index >= 15 is 0 Å². The number of rotatable bonds is 3. The van der Waals surface area contributed by atoms with Crippen molar-refractivity contribution in [3.63, 3.8) is 0 Å². The molecule has 1 saturated heterocycles. The Hall–Kier alpha value is -1.59. The molecule has 4 amide bonds. The average molecular weight is 267 g/mol. The Morgan fingerprint density at radius 2 is 2.05 bits per heavy atom. The topological polar surface area (TPSA) is 78.5 Å². The second-order valence-corrected chi connectivity index (χ2v) is 5.62. The van der Waals surface area contributed by atoms with Crippen molar-refractivity contribution in [2.24, 2.45) is 5.92 Å². The van der Waals surface area contributed by atoms with Crippen LogP contribution in [0.5, 0.6) is 0 Å². The smallest absolute Gasteiger partial charge is 0.322 e. The second kappa shape index (κ2) is 5.19. The molecule has 0 unspecified atom stereocenters. The zero-order chi connectivity index (χ0) is 14.0. The van der Waals surface area contributed by atoms with Crippen LogP contribution in [0.3, 0.4) is 0 Å². The number of urea groups is 1. The van der Waals surface area contributed by atoms with Crippen molar-refractivity contribution >= 4 is 17.8 Å².